The Balaban J connectivity index is 1.65. The van der Waals surface area contributed by atoms with Gasteiger partial charge < -0.3 is 10.0 Å². The highest BCUT2D eigenvalue weighted by molar-refractivity contribution is 5.99. The summed E-state index contributed by atoms with van der Waals surface area (Å²) >= 11 is 0. The third-order valence-electron chi connectivity index (χ3n) is 4.97. The highest BCUT2D eigenvalue weighted by Gasteiger charge is 2.34. The minimum Gasteiger partial charge on any atom is -0.505 e. The van der Waals surface area contributed by atoms with Gasteiger partial charge in [0.1, 0.15) is 5.78 Å². The van der Waals surface area contributed by atoms with Crippen LogP contribution in [0.25, 0.3) is 0 Å². The van der Waals surface area contributed by atoms with Gasteiger partial charge in [-0.05, 0) is 50.2 Å². The first-order chi connectivity index (χ1) is 10.5. The van der Waals surface area contributed by atoms with E-state index in [0.717, 1.165) is 25.7 Å². The zero-order chi connectivity index (χ0) is 15.9. The lowest BCUT2D eigenvalue weighted by molar-refractivity contribution is -0.121. The average molecular weight is 305 g/mol. The second kappa shape index (κ2) is 5.71. The van der Waals surface area contributed by atoms with Gasteiger partial charge in [0, 0.05) is 19.0 Å². The molecule has 0 spiro atoms. The van der Waals surface area contributed by atoms with E-state index in [1.807, 2.05) is 0 Å². The van der Waals surface area contributed by atoms with Gasteiger partial charge in [-0.15, -0.1) is 0 Å². The number of rotatable bonds is 3. The zero-order valence-corrected chi connectivity index (χ0v) is 12.6. The van der Waals surface area contributed by atoms with Crippen LogP contribution in [0.15, 0.2) is 12.1 Å². The van der Waals surface area contributed by atoms with Crippen LogP contribution < -0.4 is 0 Å². The molecule has 1 saturated carbocycles. The van der Waals surface area contributed by atoms with Crippen molar-refractivity contribution < 1.29 is 19.1 Å². The second-order valence-electron chi connectivity index (χ2n) is 6.45. The molecule has 0 aromatic heterocycles. The van der Waals surface area contributed by atoms with Crippen molar-refractivity contribution in [1.82, 2.24) is 4.90 Å². The van der Waals surface area contributed by atoms with Gasteiger partial charge in [-0.25, -0.2) is 4.39 Å². The van der Waals surface area contributed by atoms with Gasteiger partial charge in [-0.3, -0.25) is 9.59 Å². The van der Waals surface area contributed by atoms with Crippen LogP contribution in [0, 0.1) is 17.7 Å². The number of hydrogen-bond donors (Lipinski definition) is 1. The summed E-state index contributed by atoms with van der Waals surface area (Å²) in [7, 11) is 0. The fourth-order valence-electron chi connectivity index (χ4n) is 3.61. The molecule has 1 N–H and O–H groups in total. The average Bonchev–Trinajstić information content (AvgIpc) is 2.81. The third-order valence-corrected chi connectivity index (χ3v) is 4.97. The van der Waals surface area contributed by atoms with Crippen LogP contribution in [0.2, 0.25) is 0 Å². The zero-order valence-electron chi connectivity index (χ0n) is 12.6. The Morgan fingerprint density at radius 3 is 2.64 bits per heavy atom. The van der Waals surface area contributed by atoms with Gasteiger partial charge >= 0.3 is 0 Å². The lowest BCUT2D eigenvalue weighted by atomic mass is 9.80. The lowest BCUT2D eigenvalue weighted by Crippen LogP contribution is -2.32. The quantitative estimate of drug-likeness (QED) is 0.934. The van der Waals surface area contributed by atoms with E-state index >= 15 is 0 Å². The summed E-state index contributed by atoms with van der Waals surface area (Å²) in [5, 5.41) is 9.41. The van der Waals surface area contributed by atoms with E-state index in [0.29, 0.717) is 24.6 Å². The fraction of sp³-hybridized carbons (Fsp3) is 0.529. The maximum atomic E-state index is 13.9. The van der Waals surface area contributed by atoms with E-state index in [4.69, 9.17) is 0 Å². The molecule has 2 aliphatic rings. The van der Waals surface area contributed by atoms with Crippen LogP contribution in [-0.4, -0.2) is 28.2 Å². The van der Waals surface area contributed by atoms with Gasteiger partial charge in [0.05, 0.1) is 5.56 Å². The number of fused-ring (bicyclic) bond motifs is 1. The molecule has 3 rings (SSSR count). The minimum atomic E-state index is -0.815. The predicted molar refractivity (Wildman–Crippen MR) is 78.9 cm³/mol. The summed E-state index contributed by atoms with van der Waals surface area (Å²) in [6.07, 6.45) is 3.62. The Kier molecular flexibility index (Phi) is 3.89. The van der Waals surface area contributed by atoms with Crippen LogP contribution in [0.5, 0.6) is 5.75 Å². The smallest absolute Gasteiger partial charge is 0.257 e. The van der Waals surface area contributed by atoms with Gasteiger partial charge in [0.2, 0.25) is 0 Å². The molecule has 1 aromatic carbocycles. The van der Waals surface area contributed by atoms with Crippen LogP contribution in [0.3, 0.4) is 0 Å². The fourth-order valence-corrected chi connectivity index (χ4v) is 3.61. The molecular weight excluding hydrogens is 285 g/mol. The standard InChI is InChI=1S/C17H20FNO3/c1-10(20)12-4-2-11(3-5-12)8-19-9-13-6-7-14(21)16(18)15(13)17(19)22/h6-7,11-12,21H,2-5,8-9H2,1H3. The van der Waals surface area contributed by atoms with E-state index in [-0.39, 0.29) is 23.2 Å². The number of carbonyl (C=O) groups excluding carboxylic acids is 2. The molecular formula is C17H20FNO3. The molecule has 118 valence electrons. The highest BCUT2D eigenvalue weighted by Crippen LogP contribution is 2.34. The molecule has 1 aliphatic heterocycles. The van der Waals surface area contributed by atoms with Gasteiger partial charge in [0.25, 0.3) is 5.91 Å². The molecule has 0 radical (unpaired) electrons. The maximum Gasteiger partial charge on any atom is 0.257 e. The summed E-state index contributed by atoms with van der Waals surface area (Å²) in [5.74, 6) is -0.846. The van der Waals surface area contributed by atoms with Crippen molar-refractivity contribution in [1.29, 1.82) is 0 Å². The lowest BCUT2D eigenvalue weighted by Gasteiger charge is -2.30. The third kappa shape index (κ3) is 2.60. The first kappa shape index (κ1) is 15.0. The first-order valence-electron chi connectivity index (χ1n) is 7.77. The summed E-state index contributed by atoms with van der Waals surface area (Å²) in [5.41, 5.74) is 0.648. The Bertz CT molecular complexity index is 621. The van der Waals surface area contributed by atoms with Crippen LogP contribution in [-0.2, 0) is 11.3 Å². The summed E-state index contributed by atoms with van der Waals surface area (Å²) < 4.78 is 13.9. The number of carbonyl (C=O) groups is 2. The number of halogens is 1. The summed E-state index contributed by atoms with van der Waals surface area (Å²) in [6, 6.07) is 2.90. The highest BCUT2D eigenvalue weighted by atomic mass is 19.1. The molecule has 0 bridgehead atoms. The largest absolute Gasteiger partial charge is 0.505 e. The molecule has 5 heteroatoms. The molecule has 0 unspecified atom stereocenters. The van der Waals surface area contributed by atoms with Crippen molar-refractivity contribution in [3.8, 4) is 5.75 Å². The van der Waals surface area contributed by atoms with E-state index in [2.05, 4.69) is 0 Å². The van der Waals surface area contributed by atoms with E-state index in [1.165, 1.54) is 6.07 Å². The monoisotopic (exact) mass is 305 g/mol. The topological polar surface area (TPSA) is 57.6 Å². The number of amides is 1. The second-order valence-corrected chi connectivity index (χ2v) is 6.45. The van der Waals surface area contributed by atoms with Crippen molar-refractivity contribution in [2.75, 3.05) is 6.54 Å². The molecule has 1 amide bonds. The number of phenols is 1. The number of hydrogen-bond acceptors (Lipinski definition) is 3. The van der Waals surface area contributed by atoms with Crippen molar-refractivity contribution in [3.05, 3.63) is 29.1 Å². The Morgan fingerprint density at radius 1 is 1.32 bits per heavy atom. The Morgan fingerprint density at radius 2 is 2.00 bits per heavy atom. The number of phenolic OH excluding ortho intramolecular Hbond substituents is 1. The Labute approximate surface area is 128 Å². The van der Waals surface area contributed by atoms with Gasteiger partial charge in [0.15, 0.2) is 11.6 Å². The van der Waals surface area contributed by atoms with Crippen LogP contribution >= 0.6 is 0 Å². The molecule has 0 atom stereocenters. The molecule has 1 aliphatic carbocycles. The van der Waals surface area contributed by atoms with Gasteiger partial charge in [-0.1, -0.05) is 6.07 Å². The number of nitrogens with zero attached hydrogens (tertiary/aromatic N) is 1. The molecule has 22 heavy (non-hydrogen) atoms. The molecule has 4 nitrogen and oxygen atoms in total. The first-order valence-corrected chi connectivity index (χ1v) is 7.77. The van der Waals surface area contributed by atoms with E-state index < -0.39 is 11.6 Å². The van der Waals surface area contributed by atoms with Crippen molar-refractivity contribution >= 4 is 11.7 Å². The summed E-state index contributed by atoms with van der Waals surface area (Å²) in [6.45, 7) is 2.64. The molecule has 1 fully saturated rings. The Hall–Kier alpha value is -1.91. The number of aromatic hydroxyl groups is 1. The summed E-state index contributed by atoms with van der Waals surface area (Å²) in [4.78, 5) is 25.4. The normalized spacial score (nSPS) is 24.5. The van der Waals surface area contributed by atoms with Gasteiger partial charge in [-0.2, -0.15) is 0 Å². The van der Waals surface area contributed by atoms with Crippen molar-refractivity contribution in [2.45, 2.75) is 39.2 Å². The van der Waals surface area contributed by atoms with Crippen molar-refractivity contribution in [2.24, 2.45) is 11.8 Å². The predicted octanol–water partition coefficient (Wildman–Crippen LogP) is 2.88. The molecule has 0 saturated heterocycles. The maximum absolute atomic E-state index is 13.9. The number of Topliss-reactive ketones (excluding diaryl/α,β-unsaturated/α-hetero) is 1. The van der Waals surface area contributed by atoms with Crippen LogP contribution in [0.4, 0.5) is 4.39 Å². The number of ketones is 1. The SMILES string of the molecule is CC(=O)C1CCC(CN2Cc3ccc(O)c(F)c3C2=O)CC1. The molecule has 1 heterocycles. The van der Waals surface area contributed by atoms with E-state index in [9.17, 15) is 19.1 Å². The number of benzene rings is 1. The van der Waals surface area contributed by atoms with E-state index in [1.54, 1.807) is 17.9 Å². The van der Waals surface area contributed by atoms with Crippen LogP contribution in [0.1, 0.15) is 48.5 Å². The minimum absolute atomic E-state index is 0.0115. The van der Waals surface area contributed by atoms with Crippen molar-refractivity contribution in [3.63, 3.8) is 0 Å². The molecule has 1 aromatic rings.